The molecule has 4 heteroatoms. The van der Waals surface area contributed by atoms with Crippen molar-refractivity contribution in [1.82, 2.24) is 10.6 Å². The lowest BCUT2D eigenvalue weighted by atomic mass is 10.1. The SMILES string of the molecule is O=C(CCCNC1CCc2cc(Br)ccc21)NC1CC1. The van der Waals surface area contributed by atoms with Crippen molar-refractivity contribution in [3.05, 3.63) is 33.8 Å². The van der Waals surface area contributed by atoms with Crippen molar-refractivity contribution in [1.29, 1.82) is 0 Å². The summed E-state index contributed by atoms with van der Waals surface area (Å²) < 4.78 is 1.16. The fraction of sp³-hybridized carbons (Fsp3) is 0.562. The summed E-state index contributed by atoms with van der Waals surface area (Å²) >= 11 is 3.52. The summed E-state index contributed by atoms with van der Waals surface area (Å²) in [6.45, 7) is 0.915. The Morgan fingerprint density at radius 3 is 2.95 bits per heavy atom. The fourth-order valence-electron chi connectivity index (χ4n) is 2.85. The Morgan fingerprint density at radius 1 is 1.30 bits per heavy atom. The number of halogens is 1. The van der Waals surface area contributed by atoms with Gasteiger partial charge >= 0.3 is 0 Å². The van der Waals surface area contributed by atoms with Crippen LogP contribution in [0.2, 0.25) is 0 Å². The van der Waals surface area contributed by atoms with E-state index < -0.39 is 0 Å². The third-order valence-corrected chi connectivity index (χ3v) is 4.59. The second-order valence-corrected chi connectivity index (χ2v) is 6.75. The van der Waals surface area contributed by atoms with Gasteiger partial charge in [0.1, 0.15) is 0 Å². The number of carbonyl (C=O) groups is 1. The highest BCUT2D eigenvalue weighted by molar-refractivity contribution is 9.10. The van der Waals surface area contributed by atoms with E-state index in [-0.39, 0.29) is 5.91 Å². The Balaban J connectivity index is 1.40. The van der Waals surface area contributed by atoms with Crippen LogP contribution in [0, 0.1) is 0 Å². The van der Waals surface area contributed by atoms with Crippen LogP contribution >= 0.6 is 15.9 Å². The first-order chi connectivity index (χ1) is 9.72. The normalized spacial score (nSPS) is 20.8. The molecule has 0 bridgehead atoms. The van der Waals surface area contributed by atoms with Crippen molar-refractivity contribution in [2.75, 3.05) is 6.54 Å². The average Bonchev–Trinajstić information content (AvgIpc) is 3.14. The van der Waals surface area contributed by atoms with Crippen molar-refractivity contribution in [2.24, 2.45) is 0 Å². The predicted molar refractivity (Wildman–Crippen MR) is 83.6 cm³/mol. The maximum Gasteiger partial charge on any atom is 0.220 e. The van der Waals surface area contributed by atoms with E-state index in [1.165, 1.54) is 30.4 Å². The fourth-order valence-corrected chi connectivity index (χ4v) is 3.26. The standard InChI is InChI=1S/C16H21BrN2O/c17-12-4-7-14-11(10-12)3-8-15(14)18-9-1-2-16(20)19-13-5-6-13/h4,7,10,13,15,18H,1-3,5-6,8-9H2,(H,19,20). The minimum absolute atomic E-state index is 0.213. The van der Waals surface area contributed by atoms with Crippen LogP contribution in [-0.4, -0.2) is 18.5 Å². The van der Waals surface area contributed by atoms with E-state index in [4.69, 9.17) is 0 Å². The number of hydrogen-bond acceptors (Lipinski definition) is 2. The molecule has 3 nitrogen and oxygen atoms in total. The molecule has 0 heterocycles. The van der Waals surface area contributed by atoms with Gasteiger partial charge in [0.25, 0.3) is 0 Å². The molecule has 0 aromatic heterocycles. The number of rotatable bonds is 6. The molecule has 1 saturated carbocycles. The predicted octanol–water partition coefficient (Wildman–Crippen LogP) is 3.08. The van der Waals surface area contributed by atoms with Crippen LogP contribution in [0.3, 0.4) is 0 Å². The van der Waals surface area contributed by atoms with E-state index in [9.17, 15) is 4.79 Å². The summed E-state index contributed by atoms with van der Waals surface area (Å²) in [6.07, 6.45) is 6.20. The largest absolute Gasteiger partial charge is 0.353 e. The molecule has 3 rings (SSSR count). The molecule has 2 aliphatic rings. The highest BCUT2D eigenvalue weighted by Crippen LogP contribution is 2.32. The average molecular weight is 337 g/mol. The lowest BCUT2D eigenvalue weighted by Gasteiger charge is -2.14. The molecule has 0 radical (unpaired) electrons. The van der Waals surface area contributed by atoms with Crippen LogP contribution in [0.1, 0.15) is 49.3 Å². The number of nitrogens with one attached hydrogen (secondary N) is 2. The molecular formula is C16H21BrN2O. The lowest BCUT2D eigenvalue weighted by molar-refractivity contribution is -0.121. The zero-order valence-electron chi connectivity index (χ0n) is 11.6. The summed E-state index contributed by atoms with van der Waals surface area (Å²) in [5, 5.41) is 6.62. The van der Waals surface area contributed by atoms with Gasteiger partial charge in [-0.15, -0.1) is 0 Å². The minimum Gasteiger partial charge on any atom is -0.353 e. The van der Waals surface area contributed by atoms with Gasteiger partial charge in [0.05, 0.1) is 0 Å². The molecule has 1 unspecified atom stereocenters. The van der Waals surface area contributed by atoms with Crippen molar-refractivity contribution in [3.8, 4) is 0 Å². The number of carbonyl (C=O) groups excluding carboxylic acids is 1. The molecular weight excluding hydrogens is 316 g/mol. The number of benzene rings is 1. The molecule has 1 amide bonds. The molecule has 2 N–H and O–H groups in total. The van der Waals surface area contributed by atoms with E-state index in [0.29, 0.717) is 18.5 Å². The summed E-state index contributed by atoms with van der Waals surface area (Å²) in [4.78, 5) is 11.6. The van der Waals surface area contributed by atoms with Gasteiger partial charge in [-0.3, -0.25) is 4.79 Å². The third-order valence-electron chi connectivity index (χ3n) is 4.10. The summed E-state index contributed by atoms with van der Waals surface area (Å²) in [7, 11) is 0. The molecule has 2 aliphatic carbocycles. The van der Waals surface area contributed by atoms with E-state index >= 15 is 0 Å². The molecule has 1 aromatic carbocycles. The van der Waals surface area contributed by atoms with Gasteiger partial charge in [-0.05, 0) is 61.9 Å². The maximum absolute atomic E-state index is 11.6. The van der Waals surface area contributed by atoms with Crippen LogP contribution in [0.15, 0.2) is 22.7 Å². The lowest BCUT2D eigenvalue weighted by Crippen LogP contribution is -2.27. The van der Waals surface area contributed by atoms with E-state index in [2.05, 4.69) is 44.8 Å². The number of aryl methyl sites for hydroxylation is 1. The van der Waals surface area contributed by atoms with Gasteiger partial charge in [-0.25, -0.2) is 0 Å². The molecule has 0 spiro atoms. The van der Waals surface area contributed by atoms with Crippen LogP contribution in [0.4, 0.5) is 0 Å². The number of fused-ring (bicyclic) bond motifs is 1. The first kappa shape index (κ1) is 14.1. The monoisotopic (exact) mass is 336 g/mol. The first-order valence-electron chi connectivity index (χ1n) is 7.53. The van der Waals surface area contributed by atoms with Crippen molar-refractivity contribution in [3.63, 3.8) is 0 Å². The molecule has 108 valence electrons. The molecule has 20 heavy (non-hydrogen) atoms. The van der Waals surface area contributed by atoms with Crippen LogP contribution in [0.5, 0.6) is 0 Å². The van der Waals surface area contributed by atoms with Gasteiger partial charge in [-0.1, -0.05) is 22.0 Å². The van der Waals surface area contributed by atoms with E-state index in [1.54, 1.807) is 0 Å². The Hall–Kier alpha value is -0.870. The topological polar surface area (TPSA) is 41.1 Å². The zero-order valence-corrected chi connectivity index (χ0v) is 13.2. The smallest absolute Gasteiger partial charge is 0.220 e. The van der Waals surface area contributed by atoms with E-state index in [1.807, 2.05) is 0 Å². The minimum atomic E-state index is 0.213. The van der Waals surface area contributed by atoms with Crippen molar-refractivity contribution < 1.29 is 4.79 Å². The summed E-state index contributed by atoms with van der Waals surface area (Å²) in [5.41, 5.74) is 2.87. The quantitative estimate of drug-likeness (QED) is 0.784. The van der Waals surface area contributed by atoms with Gasteiger partial charge in [-0.2, -0.15) is 0 Å². The Labute approximate surface area is 128 Å². The Kier molecular flexibility index (Phi) is 4.41. The van der Waals surface area contributed by atoms with Gasteiger partial charge in [0.2, 0.25) is 5.91 Å². The molecule has 1 aromatic rings. The van der Waals surface area contributed by atoms with Gasteiger partial charge in [0, 0.05) is 23.0 Å². The summed E-state index contributed by atoms with van der Waals surface area (Å²) in [5.74, 6) is 0.213. The Bertz CT molecular complexity index is 499. The van der Waals surface area contributed by atoms with Gasteiger partial charge in [0.15, 0.2) is 0 Å². The highest BCUT2D eigenvalue weighted by atomic mass is 79.9. The molecule has 1 fully saturated rings. The third kappa shape index (κ3) is 3.61. The first-order valence-corrected chi connectivity index (χ1v) is 8.33. The van der Waals surface area contributed by atoms with Crippen molar-refractivity contribution >= 4 is 21.8 Å². The highest BCUT2D eigenvalue weighted by Gasteiger charge is 2.23. The van der Waals surface area contributed by atoms with Crippen LogP contribution < -0.4 is 10.6 Å². The van der Waals surface area contributed by atoms with Crippen molar-refractivity contribution in [2.45, 2.75) is 50.6 Å². The maximum atomic E-state index is 11.6. The number of hydrogen-bond donors (Lipinski definition) is 2. The molecule has 0 aliphatic heterocycles. The second kappa shape index (κ2) is 6.27. The van der Waals surface area contributed by atoms with Crippen LogP contribution in [0.25, 0.3) is 0 Å². The zero-order chi connectivity index (χ0) is 13.9. The number of amides is 1. The van der Waals surface area contributed by atoms with Crippen LogP contribution in [-0.2, 0) is 11.2 Å². The summed E-state index contributed by atoms with van der Waals surface area (Å²) in [6, 6.07) is 7.49. The van der Waals surface area contributed by atoms with E-state index in [0.717, 1.165) is 23.9 Å². The Morgan fingerprint density at radius 2 is 2.15 bits per heavy atom. The molecule has 1 atom stereocenters. The van der Waals surface area contributed by atoms with Gasteiger partial charge < -0.3 is 10.6 Å². The second-order valence-electron chi connectivity index (χ2n) is 5.83. The molecule has 0 saturated heterocycles.